The van der Waals surface area contributed by atoms with Gasteiger partial charge in [0.1, 0.15) is 0 Å². The molecule has 1 aromatic heterocycles. The molecule has 0 atom stereocenters. The van der Waals surface area contributed by atoms with E-state index in [0.29, 0.717) is 0 Å². The van der Waals surface area contributed by atoms with Crippen molar-refractivity contribution in [3.8, 4) is 0 Å². The highest BCUT2D eigenvalue weighted by Crippen LogP contribution is 2.31. The van der Waals surface area contributed by atoms with Crippen LogP contribution in [0.25, 0.3) is 0 Å². The number of alkyl halides is 3. The third-order valence-corrected chi connectivity index (χ3v) is 1.06. The van der Waals surface area contributed by atoms with Crippen LogP contribution in [-0.2, 0) is 6.18 Å². The lowest BCUT2D eigenvalue weighted by atomic mass is 10.4. The normalized spacial score (nSPS) is 12.0. The van der Waals surface area contributed by atoms with E-state index in [0.717, 1.165) is 12.1 Å². The molecule has 0 radical (unpaired) electrons. The van der Waals surface area contributed by atoms with Gasteiger partial charge in [0.25, 0.3) is 0 Å². The summed E-state index contributed by atoms with van der Waals surface area (Å²) >= 11 is 5.10. The fraction of sp³-hybridized carbons (Fsp3) is 0.200. The van der Waals surface area contributed by atoms with Crippen molar-refractivity contribution in [3.05, 3.63) is 23.1 Å². The molecule has 0 aliphatic carbocycles. The minimum atomic E-state index is -4.44. The van der Waals surface area contributed by atoms with Gasteiger partial charge in [-0.1, -0.05) is 0 Å². The van der Waals surface area contributed by atoms with Crippen LogP contribution in [0.1, 0.15) is 5.76 Å². The van der Waals surface area contributed by atoms with E-state index < -0.39 is 11.9 Å². The monoisotopic (exact) mass is 170 g/mol. The summed E-state index contributed by atoms with van der Waals surface area (Å²) in [7, 11) is 0. The molecule has 1 heterocycles. The molecular weight excluding hydrogens is 169 g/mol. The van der Waals surface area contributed by atoms with Gasteiger partial charge in [-0.25, -0.2) is 0 Å². The van der Waals surface area contributed by atoms with Crippen LogP contribution in [0, 0.1) is 0 Å². The lowest BCUT2D eigenvalue weighted by Gasteiger charge is -1.98. The minimum absolute atomic E-state index is 0.257. The Morgan fingerprint density at radius 1 is 1.30 bits per heavy atom. The first-order chi connectivity index (χ1) is 4.50. The first-order valence-corrected chi connectivity index (χ1v) is 2.70. The Kier molecular flexibility index (Phi) is 1.64. The number of hydrogen-bond donors (Lipinski definition) is 0. The zero-order valence-electron chi connectivity index (χ0n) is 4.57. The zero-order chi connectivity index (χ0) is 7.78. The van der Waals surface area contributed by atoms with E-state index >= 15 is 0 Å². The third kappa shape index (κ3) is 1.44. The van der Waals surface area contributed by atoms with E-state index in [4.69, 9.17) is 11.6 Å². The van der Waals surface area contributed by atoms with Gasteiger partial charge < -0.3 is 4.42 Å². The Balaban J connectivity index is 2.96. The molecule has 5 heteroatoms. The first kappa shape index (κ1) is 7.47. The van der Waals surface area contributed by atoms with Gasteiger partial charge in [-0.3, -0.25) is 0 Å². The summed E-state index contributed by atoms with van der Waals surface area (Å²) in [6.07, 6.45) is -4.44. The molecule has 0 aliphatic rings. The Hall–Kier alpha value is -0.640. The van der Waals surface area contributed by atoms with E-state index in [9.17, 15) is 13.2 Å². The summed E-state index contributed by atoms with van der Waals surface area (Å²) in [5.74, 6) is -1.07. The first-order valence-electron chi connectivity index (χ1n) is 2.32. The van der Waals surface area contributed by atoms with Gasteiger partial charge in [0, 0.05) is 0 Å². The summed E-state index contributed by atoms with van der Waals surface area (Å²) in [5, 5.41) is -0.257. The third-order valence-electron chi connectivity index (χ3n) is 0.853. The lowest BCUT2D eigenvalue weighted by molar-refractivity contribution is -0.152. The maximum Gasteiger partial charge on any atom is 0.449 e. The Labute approximate surface area is 59.4 Å². The smallest absolute Gasteiger partial charge is 0.440 e. The second-order valence-corrected chi connectivity index (χ2v) is 1.97. The lowest BCUT2D eigenvalue weighted by Crippen LogP contribution is -2.01. The summed E-state index contributed by atoms with van der Waals surface area (Å²) in [6.45, 7) is 0. The van der Waals surface area contributed by atoms with E-state index in [1.54, 1.807) is 0 Å². The summed E-state index contributed by atoms with van der Waals surface area (Å²) in [4.78, 5) is 0. The van der Waals surface area contributed by atoms with Crippen LogP contribution < -0.4 is 0 Å². The molecule has 0 spiro atoms. The largest absolute Gasteiger partial charge is 0.449 e. The molecule has 1 nitrogen and oxygen atoms in total. The van der Waals surface area contributed by atoms with Crippen molar-refractivity contribution in [1.29, 1.82) is 0 Å². The van der Waals surface area contributed by atoms with Gasteiger partial charge in [0.2, 0.25) is 5.76 Å². The summed E-state index contributed by atoms with van der Waals surface area (Å²) in [6, 6.07) is 1.83. The molecule has 10 heavy (non-hydrogen) atoms. The minimum Gasteiger partial charge on any atom is -0.440 e. The van der Waals surface area contributed by atoms with Gasteiger partial charge in [-0.05, 0) is 23.7 Å². The average Bonchev–Trinajstić information content (AvgIpc) is 2.11. The predicted octanol–water partition coefficient (Wildman–Crippen LogP) is 2.95. The topological polar surface area (TPSA) is 13.1 Å². The van der Waals surface area contributed by atoms with Crippen LogP contribution in [0.3, 0.4) is 0 Å². The predicted molar refractivity (Wildman–Crippen MR) is 28.7 cm³/mol. The van der Waals surface area contributed by atoms with Crippen molar-refractivity contribution < 1.29 is 17.6 Å². The van der Waals surface area contributed by atoms with Gasteiger partial charge in [-0.15, -0.1) is 0 Å². The number of rotatable bonds is 0. The average molecular weight is 171 g/mol. The van der Waals surface area contributed by atoms with Crippen LogP contribution >= 0.6 is 11.6 Å². The van der Waals surface area contributed by atoms with E-state index in [1.807, 2.05) is 0 Å². The van der Waals surface area contributed by atoms with E-state index in [2.05, 4.69) is 4.42 Å². The second-order valence-electron chi connectivity index (χ2n) is 1.60. The highest BCUT2D eigenvalue weighted by atomic mass is 35.5. The number of halogens is 4. The van der Waals surface area contributed by atoms with Crippen molar-refractivity contribution in [2.75, 3.05) is 0 Å². The maximum atomic E-state index is 11.6. The quantitative estimate of drug-likeness (QED) is 0.584. The molecular formula is C5H2ClF3O. The van der Waals surface area contributed by atoms with Crippen molar-refractivity contribution in [1.82, 2.24) is 0 Å². The molecule has 0 unspecified atom stereocenters. The molecule has 0 aliphatic heterocycles. The van der Waals surface area contributed by atoms with Gasteiger partial charge in [0.05, 0.1) is 0 Å². The highest BCUT2D eigenvalue weighted by molar-refractivity contribution is 6.28. The summed E-state index contributed by atoms with van der Waals surface area (Å²) < 4.78 is 39.0. The maximum absolute atomic E-state index is 11.6. The van der Waals surface area contributed by atoms with Crippen LogP contribution in [0.4, 0.5) is 13.2 Å². The molecule has 0 amide bonds. The van der Waals surface area contributed by atoms with E-state index in [-0.39, 0.29) is 5.22 Å². The van der Waals surface area contributed by atoms with Gasteiger partial charge >= 0.3 is 6.18 Å². The van der Waals surface area contributed by atoms with Crippen LogP contribution in [0.5, 0.6) is 0 Å². The van der Waals surface area contributed by atoms with Crippen molar-refractivity contribution in [3.63, 3.8) is 0 Å². The Morgan fingerprint density at radius 2 is 1.90 bits per heavy atom. The molecule has 0 saturated heterocycles. The molecule has 0 saturated carbocycles. The molecule has 56 valence electrons. The fourth-order valence-electron chi connectivity index (χ4n) is 0.467. The molecule has 1 rings (SSSR count). The second kappa shape index (κ2) is 2.20. The van der Waals surface area contributed by atoms with Gasteiger partial charge in [0.15, 0.2) is 5.22 Å². The van der Waals surface area contributed by atoms with E-state index in [1.165, 1.54) is 0 Å². The fourth-order valence-corrected chi connectivity index (χ4v) is 0.613. The number of furan rings is 1. The Bertz CT molecular complexity index is 227. The van der Waals surface area contributed by atoms with Gasteiger partial charge in [-0.2, -0.15) is 13.2 Å². The molecule has 1 aromatic rings. The van der Waals surface area contributed by atoms with Crippen molar-refractivity contribution in [2.45, 2.75) is 6.18 Å². The Morgan fingerprint density at radius 3 is 2.10 bits per heavy atom. The van der Waals surface area contributed by atoms with Crippen molar-refractivity contribution in [2.24, 2.45) is 0 Å². The molecule has 0 aromatic carbocycles. The van der Waals surface area contributed by atoms with Crippen LogP contribution in [-0.4, -0.2) is 0 Å². The van der Waals surface area contributed by atoms with Crippen LogP contribution in [0.2, 0.25) is 5.22 Å². The molecule has 0 bridgehead atoms. The zero-order valence-corrected chi connectivity index (χ0v) is 5.33. The standard InChI is InChI=1S/C5H2ClF3O/c6-4-2-1-3(10-4)5(7,8)9/h1-2H. The van der Waals surface area contributed by atoms with Crippen molar-refractivity contribution >= 4 is 11.6 Å². The highest BCUT2D eigenvalue weighted by Gasteiger charge is 2.34. The van der Waals surface area contributed by atoms with Crippen LogP contribution in [0.15, 0.2) is 16.5 Å². The molecule has 0 fully saturated rings. The summed E-state index contributed by atoms with van der Waals surface area (Å²) in [5.41, 5.74) is 0. The SMILES string of the molecule is FC(F)(F)c1ccc(Cl)o1. The number of hydrogen-bond acceptors (Lipinski definition) is 1. The molecule has 0 N–H and O–H groups in total.